The van der Waals surface area contributed by atoms with Crippen LogP contribution >= 0.6 is 0 Å². The summed E-state index contributed by atoms with van der Waals surface area (Å²) in [6.45, 7) is 9.75. The number of likely N-dealkylation sites (tertiary alicyclic amines) is 1. The third-order valence-electron chi connectivity index (χ3n) is 8.20. The summed E-state index contributed by atoms with van der Waals surface area (Å²) in [5, 5.41) is 10.4. The number of amides is 1. The molecule has 0 bridgehead atoms. The molecule has 0 saturated carbocycles. The zero-order valence-corrected chi connectivity index (χ0v) is 21.5. The van der Waals surface area contributed by atoms with Gasteiger partial charge in [-0.05, 0) is 49.1 Å². The molecule has 1 aromatic carbocycles. The van der Waals surface area contributed by atoms with E-state index in [0.29, 0.717) is 55.1 Å². The molecule has 3 aliphatic heterocycles. The van der Waals surface area contributed by atoms with Gasteiger partial charge in [0, 0.05) is 67.3 Å². The summed E-state index contributed by atoms with van der Waals surface area (Å²) in [6.07, 6.45) is 6.58. The monoisotopic (exact) mass is 508 g/mol. The van der Waals surface area contributed by atoms with E-state index in [1.807, 2.05) is 30.2 Å². The van der Waals surface area contributed by atoms with Gasteiger partial charge in [-0.2, -0.15) is 5.26 Å². The molecule has 0 N–H and O–H groups in total. The van der Waals surface area contributed by atoms with E-state index < -0.39 is 0 Å². The van der Waals surface area contributed by atoms with E-state index >= 15 is 4.39 Å². The van der Waals surface area contributed by atoms with Gasteiger partial charge in [-0.25, -0.2) is 9.37 Å². The standard InChI is InChI=1S/C30H29FN6O/c1-3-27(38)37-18-30(19-37)10-13-36(17-30)29-23(14-32)28(21-6-4-5-7-24(21)31)22-9-12-35(16-25(22)34-29)26-8-11-33-15-20(26)2/h3-8,11,15H,1,9-10,12-13,16-19H2,2H3. The summed E-state index contributed by atoms with van der Waals surface area (Å²) < 4.78 is 15.2. The molecule has 3 aliphatic rings. The van der Waals surface area contributed by atoms with E-state index in [4.69, 9.17) is 4.98 Å². The van der Waals surface area contributed by atoms with Crippen molar-refractivity contribution in [1.29, 1.82) is 5.26 Å². The summed E-state index contributed by atoms with van der Waals surface area (Å²) in [7, 11) is 0. The lowest BCUT2D eigenvalue weighted by atomic mass is 9.79. The number of aryl methyl sites for hydroxylation is 1. The summed E-state index contributed by atoms with van der Waals surface area (Å²) in [5.41, 5.74) is 5.53. The maximum Gasteiger partial charge on any atom is 0.245 e. The molecule has 0 radical (unpaired) electrons. The first-order valence-electron chi connectivity index (χ1n) is 13.0. The summed E-state index contributed by atoms with van der Waals surface area (Å²) >= 11 is 0. The summed E-state index contributed by atoms with van der Waals surface area (Å²) in [6, 6.07) is 11.1. The lowest BCUT2D eigenvalue weighted by Gasteiger charge is -2.47. The number of fused-ring (bicyclic) bond motifs is 1. The topological polar surface area (TPSA) is 76.4 Å². The molecule has 2 fully saturated rings. The zero-order valence-electron chi connectivity index (χ0n) is 21.5. The number of halogens is 1. The maximum atomic E-state index is 15.2. The third kappa shape index (κ3) is 3.90. The highest BCUT2D eigenvalue weighted by molar-refractivity contribution is 5.88. The molecule has 0 aliphatic carbocycles. The van der Waals surface area contributed by atoms with Gasteiger partial charge in [0.25, 0.3) is 0 Å². The first-order valence-corrected chi connectivity index (χ1v) is 13.0. The van der Waals surface area contributed by atoms with Crippen LogP contribution in [-0.4, -0.2) is 53.5 Å². The molecule has 2 saturated heterocycles. The minimum atomic E-state index is -0.341. The number of nitrogens with zero attached hydrogens (tertiary/aromatic N) is 6. The van der Waals surface area contributed by atoms with Gasteiger partial charge >= 0.3 is 0 Å². The molecule has 6 rings (SSSR count). The number of anilines is 2. The van der Waals surface area contributed by atoms with Crippen LogP contribution in [0.5, 0.6) is 0 Å². The van der Waals surface area contributed by atoms with Gasteiger partial charge in [-0.15, -0.1) is 0 Å². The van der Waals surface area contributed by atoms with Crippen molar-refractivity contribution < 1.29 is 9.18 Å². The van der Waals surface area contributed by atoms with E-state index in [2.05, 4.69) is 27.4 Å². The van der Waals surface area contributed by atoms with Crippen molar-refractivity contribution in [3.05, 3.63) is 83.6 Å². The lowest BCUT2D eigenvalue weighted by Crippen LogP contribution is -2.59. The second-order valence-electron chi connectivity index (χ2n) is 10.6. The van der Waals surface area contributed by atoms with Crippen molar-refractivity contribution in [3.8, 4) is 17.2 Å². The van der Waals surface area contributed by atoms with Gasteiger partial charge in [0.1, 0.15) is 23.3 Å². The molecule has 2 aromatic heterocycles. The number of carbonyl (C=O) groups excluding carboxylic acids is 1. The van der Waals surface area contributed by atoms with Gasteiger partial charge in [0.05, 0.1) is 12.2 Å². The van der Waals surface area contributed by atoms with Crippen molar-refractivity contribution in [2.24, 2.45) is 5.41 Å². The minimum absolute atomic E-state index is 0.0126. The number of aromatic nitrogens is 2. The Kier molecular flexibility index (Phi) is 5.87. The molecule has 38 heavy (non-hydrogen) atoms. The Balaban J connectivity index is 1.43. The average Bonchev–Trinajstić information content (AvgIpc) is 3.37. The highest BCUT2D eigenvalue weighted by Crippen LogP contribution is 2.44. The van der Waals surface area contributed by atoms with Crippen LogP contribution in [0.3, 0.4) is 0 Å². The fraction of sp³-hybridized carbons (Fsp3) is 0.333. The number of hydrogen-bond donors (Lipinski definition) is 0. The van der Waals surface area contributed by atoms with Crippen LogP contribution in [0, 0.1) is 29.5 Å². The number of pyridine rings is 2. The molecule has 0 atom stereocenters. The van der Waals surface area contributed by atoms with Crippen LogP contribution in [0.4, 0.5) is 15.9 Å². The largest absolute Gasteiger partial charge is 0.365 e. The van der Waals surface area contributed by atoms with Crippen molar-refractivity contribution >= 4 is 17.4 Å². The van der Waals surface area contributed by atoms with Crippen LogP contribution in [0.25, 0.3) is 11.1 Å². The average molecular weight is 509 g/mol. The Bertz CT molecular complexity index is 1490. The van der Waals surface area contributed by atoms with Crippen molar-refractivity contribution in [2.45, 2.75) is 26.3 Å². The zero-order chi connectivity index (χ0) is 26.4. The summed E-state index contributed by atoms with van der Waals surface area (Å²) in [4.78, 5) is 27.6. The molecular formula is C30H29FN6O. The van der Waals surface area contributed by atoms with Gasteiger partial charge in [-0.3, -0.25) is 9.78 Å². The highest BCUT2D eigenvalue weighted by Gasteiger charge is 2.49. The van der Waals surface area contributed by atoms with Crippen molar-refractivity contribution in [2.75, 3.05) is 42.5 Å². The van der Waals surface area contributed by atoms with Crippen LogP contribution in [0.1, 0.15) is 28.8 Å². The Morgan fingerprint density at radius 2 is 2.00 bits per heavy atom. The fourth-order valence-electron chi connectivity index (χ4n) is 6.31. The van der Waals surface area contributed by atoms with Gasteiger partial charge < -0.3 is 14.7 Å². The molecule has 192 valence electrons. The number of carbonyl (C=O) groups is 1. The first kappa shape index (κ1) is 24.1. The molecule has 1 spiro atoms. The van der Waals surface area contributed by atoms with Gasteiger partial charge in [0.2, 0.25) is 5.91 Å². The Morgan fingerprint density at radius 3 is 2.74 bits per heavy atom. The molecular weight excluding hydrogens is 479 g/mol. The van der Waals surface area contributed by atoms with Crippen molar-refractivity contribution in [3.63, 3.8) is 0 Å². The van der Waals surface area contributed by atoms with Crippen LogP contribution in [0.2, 0.25) is 0 Å². The lowest BCUT2D eigenvalue weighted by molar-refractivity contribution is -0.136. The Hall–Kier alpha value is -4.25. The van der Waals surface area contributed by atoms with E-state index in [-0.39, 0.29) is 17.1 Å². The number of benzene rings is 1. The highest BCUT2D eigenvalue weighted by atomic mass is 19.1. The Morgan fingerprint density at radius 1 is 1.18 bits per heavy atom. The summed E-state index contributed by atoms with van der Waals surface area (Å²) in [5.74, 6) is 0.224. The van der Waals surface area contributed by atoms with Gasteiger partial charge in [0.15, 0.2) is 0 Å². The van der Waals surface area contributed by atoms with E-state index in [0.717, 1.165) is 42.0 Å². The smallest absolute Gasteiger partial charge is 0.245 e. The molecule has 8 heteroatoms. The maximum absolute atomic E-state index is 15.2. The number of nitriles is 1. The second-order valence-corrected chi connectivity index (χ2v) is 10.6. The third-order valence-corrected chi connectivity index (χ3v) is 8.20. The van der Waals surface area contributed by atoms with Crippen LogP contribution in [-0.2, 0) is 17.8 Å². The normalized spacial score (nSPS) is 17.7. The Labute approximate surface area is 221 Å². The van der Waals surface area contributed by atoms with Crippen molar-refractivity contribution in [1.82, 2.24) is 14.9 Å². The predicted molar refractivity (Wildman–Crippen MR) is 144 cm³/mol. The predicted octanol–water partition coefficient (Wildman–Crippen LogP) is 4.25. The molecule has 3 aromatic rings. The molecule has 7 nitrogen and oxygen atoms in total. The molecule has 0 unspecified atom stereocenters. The number of rotatable bonds is 4. The van der Waals surface area contributed by atoms with E-state index in [1.165, 1.54) is 12.1 Å². The van der Waals surface area contributed by atoms with E-state index in [9.17, 15) is 10.1 Å². The van der Waals surface area contributed by atoms with Gasteiger partial charge in [-0.1, -0.05) is 24.8 Å². The molecule has 5 heterocycles. The molecule has 1 amide bonds. The van der Waals surface area contributed by atoms with E-state index in [1.54, 1.807) is 18.3 Å². The fourth-order valence-corrected chi connectivity index (χ4v) is 6.31. The second kappa shape index (κ2) is 9.25. The minimum Gasteiger partial charge on any atom is -0.365 e. The number of hydrogen-bond acceptors (Lipinski definition) is 6. The van der Waals surface area contributed by atoms with Crippen LogP contribution in [0.15, 0.2) is 55.4 Å². The quantitative estimate of drug-likeness (QED) is 0.491. The van der Waals surface area contributed by atoms with Crippen LogP contribution < -0.4 is 9.80 Å². The first-order chi connectivity index (χ1) is 18.4. The SMILES string of the molecule is C=CC(=O)N1CC2(CCN(c3nc4c(c(-c5ccccc5F)c3C#N)CCN(c3ccncc3C)C4)C2)C1.